The maximum atomic E-state index is 12.6. The first-order valence-corrected chi connectivity index (χ1v) is 9.83. The highest BCUT2D eigenvalue weighted by atomic mass is 35.5. The van der Waals surface area contributed by atoms with Gasteiger partial charge in [-0.25, -0.2) is 14.8 Å². The number of hydrogen-bond donors (Lipinski definition) is 1. The standard InChI is InChI=1S/C19H23Cl2N3O5/c1-19(2,3)29-18(26)24-9-11(8-14(24)17(25)27-4)28-16-15(21)22-12-6-5-10(20)7-13(12)23-16/h5-7,11,14,17,25H,8-9H2,1-4H3/t11-,14+,17?/m1/s1. The quantitative estimate of drug-likeness (QED) is 0.720. The molecule has 3 atom stereocenters. The molecule has 158 valence electrons. The topological polar surface area (TPSA) is 94.0 Å². The maximum Gasteiger partial charge on any atom is 0.410 e. The Morgan fingerprint density at radius 1 is 1.28 bits per heavy atom. The summed E-state index contributed by atoms with van der Waals surface area (Å²) in [5.74, 6) is 0.128. The average Bonchev–Trinajstić information content (AvgIpc) is 3.05. The number of hydrogen-bond acceptors (Lipinski definition) is 7. The second kappa shape index (κ2) is 8.47. The summed E-state index contributed by atoms with van der Waals surface area (Å²) in [5, 5.41) is 10.8. The molecule has 2 heterocycles. The summed E-state index contributed by atoms with van der Waals surface area (Å²) in [6.07, 6.45) is -1.93. The number of ether oxygens (including phenoxy) is 3. The molecule has 1 fully saturated rings. The number of fused-ring (bicyclic) bond motifs is 1. The number of likely N-dealkylation sites (tertiary alicyclic amines) is 1. The van der Waals surface area contributed by atoms with E-state index < -0.39 is 30.1 Å². The van der Waals surface area contributed by atoms with Crippen molar-refractivity contribution < 1.29 is 24.1 Å². The Bertz CT molecular complexity index is 905. The molecule has 8 nitrogen and oxygen atoms in total. The highest BCUT2D eigenvalue weighted by molar-refractivity contribution is 6.32. The molecule has 0 aliphatic carbocycles. The number of aliphatic hydroxyl groups excluding tert-OH is 1. The SMILES string of the molecule is COC(O)[C@@H]1C[C@@H](Oc2nc3cc(Cl)ccc3nc2Cl)CN1C(=O)OC(C)(C)C. The Labute approximate surface area is 178 Å². The molecule has 0 saturated carbocycles. The number of carbonyl (C=O) groups is 1. The van der Waals surface area contributed by atoms with E-state index in [4.69, 9.17) is 37.4 Å². The molecule has 1 unspecified atom stereocenters. The molecule has 1 N–H and O–H groups in total. The molecule has 1 aliphatic rings. The minimum atomic E-state index is -1.19. The van der Waals surface area contributed by atoms with Crippen molar-refractivity contribution in [3.63, 3.8) is 0 Å². The summed E-state index contributed by atoms with van der Waals surface area (Å²) < 4.78 is 16.4. The number of nitrogens with zero attached hydrogens (tertiary/aromatic N) is 3. The third-order valence-corrected chi connectivity index (χ3v) is 4.82. The highest BCUT2D eigenvalue weighted by Crippen LogP contribution is 2.30. The maximum absolute atomic E-state index is 12.6. The Kier molecular flexibility index (Phi) is 6.38. The smallest absolute Gasteiger partial charge is 0.410 e. The largest absolute Gasteiger partial charge is 0.470 e. The third-order valence-electron chi connectivity index (χ3n) is 4.34. The van der Waals surface area contributed by atoms with E-state index in [0.29, 0.717) is 22.5 Å². The van der Waals surface area contributed by atoms with Gasteiger partial charge in [-0.05, 0) is 39.0 Å². The average molecular weight is 444 g/mol. The molecule has 1 aromatic carbocycles. The number of halogens is 2. The molecule has 0 radical (unpaired) electrons. The van der Waals surface area contributed by atoms with Crippen molar-refractivity contribution in [2.45, 2.75) is 51.2 Å². The minimum absolute atomic E-state index is 0.0966. The van der Waals surface area contributed by atoms with Crippen LogP contribution in [0.2, 0.25) is 10.2 Å². The molecule has 0 spiro atoms. The van der Waals surface area contributed by atoms with E-state index in [0.717, 1.165) is 0 Å². The minimum Gasteiger partial charge on any atom is -0.470 e. The lowest BCUT2D eigenvalue weighted by Crippen LogP contribution is -2.45. The summed E-state index contributed by atoms with van der Waals surface area (Å²) in [6.45, 7) is 5.48. The van der Waals surface area contributed by atoms with Gasteiger partial charge in [0.25, 0.3) is 5.88 Å². The first-order chi connectivity index (χ1) is 13.6. The van der Waals surface area contributed by atoms with Gasteiger partial charge in [0.2, 0.25) is 0 Å². The molecular weight excluding hydrogens is 421 g/mol. The van der Waals surface area contributed by atoms with Crippen molar-refractivity contribution in [2.75, 3.05) is 13.7 Å². The third kappa shape index (κ3) is 5.19. The molecule has 1 aromatic heterocycles. The zero-order valence-corrected chi connectivity index (χ0v) is 18.1. The number of benzene rings is 1. The van der Waals surface area contributed by atoms with E-state index in [1.807, 2.05) is 0 Å². The van der Waals surface area contributed by atoms with Crippen molar-refractivity contribution in [3.05, 3.63) is 28.4 Å². The summed E-state index contributed by atoms with van der Waals surface area (Å²) in [4.78, 5) is 22.6. The van der Waals surface area contributed by atoms with Crippen LogP contribution in [-0.2, 0) is 9.47 Å². The molecule has 29 heavy (non-hydrogen) atoms. The van der Waals surface area contributed by atoms with E-state index in [1.165, 1.54) is 12.0 Å². The van der Waals surface area contributed by atoms with E-state index in [-0.39, 0.29) is 17.6 Å². The summed E-state index contributed by atoms with van der Waals surface area (Å²) in [7, 11) is 1.36. The van der Waals surface area contributed by atoms with Gasteiger partial charge in [-0.2, -0.15) is 0 Å². The van der Waals surface area contributed by atoms with Crippen molar-refractivity contribution in [1.29, 1.82) is 0 Å². The van der Waals surface area contributed by atoms with Gasteiger partial charge in [0.1, 0.15) is 11.7 Å². The molecular formula is C19H23Cl2N3O5. The molecule has 0 bridgehead atoms. The fraction of sp³-hybridized carbons (Fsp3) is 0.526. The lowest BCUT2D eigenvalue weighted by Gasteiger charge is -2.29. The van der Waals surface area contributed by atoms with Crippen LogP contribution >= 0.6 is 23.2 Å². The zero-order chi connectivity index (χ0) is 21.3. The van der Waals surface area contributed by atoms with E-state index in [2.05, 4.69) is 9.97 Å². The van der Waals surface area contributed by atoms with E-state index in [9.17, 15) is 9.90 Å². The predicted octanol–water partition coefficient (Wildman–Crippen LogP) is 3.66. The van der Waals surface area contributed by atoms with Crippen LogP contribution in [0.25, 0.3) is 11.0 Å². The summed E-state index contributed by atoms with van der Waals surface area (Å²) in [5.41, 5.74) is 0.443. The lowest BCUT2D eigenvalue weighted by atomic mass is 10.2. The van der Waals surface area contributed by atoms with Crippen LogP contribution < -0.4 is 4.74 Å². The molecule has 2 aromatic rings. The van der Waals surface area contributed by atoms with Gasteiger partial charge in [0, 0.05) is 18.6 Å². The fourth-order valence-corrected chi connectivity index (χ4v) is 3.44. The van der Waals surface area contributed by atoms with Gasteiger partial charge < -0.3 is 19.3 Å². The van der Waals surface area contributed by atoms with Gasteiger partial charge in [-0.1, -0.05) is 23.2 Å². The van der Waals surface area contributed by atoms with Gasteiger partial charge in [0.15, 0.2) is 11.4 Å². The number of aromatic nitrogens is 2. The summed E-state index contributed by atoms with van der Waals surface area (Å²) in [6, 6.07) is 4.43. The number of amides is 1. The molecule has 3 rings (SSSR count). The van der Waals surface area contributed by atoms with Crippen LogP contribution in [0, 0.1) is 0 Å². The molecule has 10 heteroatoms. The number of methoxy groups -OCH3 is 1. The number of rotatable bonds is 4. The van der Waals surface area contributed by atoms with Crippen LogP contribution in [0.3, 0.4) is 0 Å². The van der Waals surface area contributed by atoms with Crippen LogP contribution in [0.4, 0.5) is 4.79 Å². The predicted molar refractivity (Wildman–Crippen MR) is 108 cm³/mol. The zero-order valence-electron chi connectivity index (χ0n) is 16.6. The first kappa shape index (κ1) is 21.8. The monoisotopic (exact) mass is 443 g/mol. The van der Waals surface area contributed by atoms with E-state index in [1.54, 1.807) is 39.0 Å². The second-order valence-corrected chi connectivity index (χ2v) is 8.55. The van der Waals surface area contributed by atoms with Crippen LogP contribution in [0.15, 0.2) is 18.2 Å². The van der Waals surface area contributed by atoms with Crippen LogP contribution in [0.5, 0.6) is 5.88 Å². The number of carbonyl (C=O) groups excluding carboxylic acids is 1. The van der Waals surface area contributed by atoms with Crippen molar-refractivity contribution >= 4 is 40.3 Å². The summed E-state index contributed by atoms with van der Waals surface area (Å²) >= 11 is 12.2. The fourth-order valence-electron chi connectivity index (χ4n) is 3.09. The van der Waals surface area contributed by atoms with Gasteiger partial charge in [-0.15, -0.1) is 0 Å². The molecule has 1 amide bonds. The first-order valence-electron chi connectivity index (χ1n) is 9.07. The van der Waals surface area contributed by atoms with Gasteiger partial charge in [0.05, 0.1) is 23.6 Å². The van der Waals surface area contributed by atoms with Crippen LogP contribution in [0.1, 0.15) is 27.2 Å². The molecule has 1 saturated heterocycles. The van der Waals surface area contributed by atoms with Crippen molar-refractivity contribution in [2.24, 2.45) is 0 Å². The van der Waals surface area contributed by atoms with Crippen LogP contribution in [-0.4, -0.2) is 63.8 Å². The van der Waals surface area contributed by atoms with Gasteiger partial charge in [-0.3, -0.25) is 4.90 Å². The van der Waals surface area contributed by atoms with E-state index >= 15 is 0 Å². The van der Waals surface area contributed by atoms with Crippen molar-refractivity contribution in [1.82, 2.24) is 14.9 Å². The van der Waals surface area contributed by atoms with Crippen molar-refractivity contribution in [3.8, 4) is 5.88 Å². The Morgan fingerprint density at radius 3 is 2.66 bits per heavy atom. The Morgan fingerprint density at radius 2 is 2.00 bits per heavy atom. The number of aliphatic hydroxyl groups is 1. The molecule has 1 aliphatic heterocycles. The highest BCUT2D eigenvalue weighted by Gasteiger charge is 2.43. The normalized spacial score (nSPS) is 20.7. The Balaban J connectivity index is 1.81. The second-order valence-electron chi connectivity index (χ2n) is 7.75. The lowest BCUT2D eigenvalue weighted by molar-refractivity contribution is -0.116. The Hall–Kier alpha value is -1.87. The van der Waals surface area contributed by atoms with Gasteiger partial charge >= 0.3 is 6.09 Å².